The van der Waals surface area contributed by atoms with Crippen LogP contribution in [0, 0.1) is 5.92 Å². The molecule has 0 spiro atoms. The quantitative estimate of drug-likeness (QED) is 0.838. The van der Waals surface area contributed by atoms with Gasteiger partial charge >= 0.3 is 0 Å². The molecule has 19 heavy (non-hydrogen) atoms. The molecule has 1 heteroatoms. The van der Waals surface area contributed by atoms with Crippen LogP contribution in [0.1, 0.15) is 63.4 Å². The first-order valence-electron chi connectivity index (χ1n) is 8.14. The number of rotatable bonds is 4. The zero-order valence-corrected chi connectivity index (χ0v) is 12.1. The van der Waals surface area contributed by atoms with Gasteiger partial charge in [-0.1, -0.05) is 49.6 Å². The van der Waals surface area contributed by atoms with Crippen molar-refractivity contribution in [1.82, 2.24) is 5.32 Å². The van der Waals surface area contributed by atoms with E-state index < -0.39 is 0 Å². The Morgan fingerprint density at radius 3 is 2.37 bits per heavy atom. The van der Waals surface area contributed by atoms with Gasteiger partial charge in [-0.05, 0) is 50.0 Å². The van der Waals surface area contributed by atoms with Gasteiger partial charge in [0.05, 0.1) is 0 Å². The van der Waals surface area contributed by atoms with Gasteiger partial charge in [-0.25, -0.2) is 0 Å². The summed E-state index contributed by atoms with van der Waals surface area (Å²) in [5.41, 5.74) is 1.53. The van der Waals surface area contributed by atoms with E-state index in [1.807, 2.05) is 0 Å². The molecule has 1 aromatic carbocycles. The highest BCUT2D eigenvalue weighted by Gasteiger charge is 2.32. The highest BCUT2D eigenvalue weighted by molar-refractivity contribution is 5.22. The second kappa shape index (κ2) is 6.09. The van der Waals surface area contributed by atoms with E-state index in [4.69, 9.17) is 0 Å². The van der Waals surface area contributed by atoms with E-state index in [0.717, 1.165) is 23.9 Å². The molecule has 0 aliphatic heterocycles. The Kier molecular flexibility index (Phi) is 4.22. The van der Waals surface area contributed by atoms with Crippen molar-refractivity contribution in [2.45, 2.75) is 69.9 Å². The van der Waals surface area contributed by atoms with Gasteiger partial charge in [0.25, 0.3) is 0 Å². The average molecular weight is 257 g/mol. The van der Waals surface area contributed by atoms with Crippen LogP contribution < -0.4 is 5.32 Å². The monoisotopic (exact) mass is 257 g/mol. The Bertz CT molecular complexity index is 374. The van der Waals surface area contributed by atoms with Gasteiger partial charge < -0.3 is 5.32 Å². The van der Waals surface area contributed by atoms with Crippen LogP contribution in [0.5, 0.6) is 0 Å². The molecule has 3 rings (SSSR count). The maximum absolute atomic E-state index is 3.89. The standard InChI is InChI=1S/C18H27N/c1-14(15-8-4-2-5-9-15)19-18-12-17(13-18)16-10-6-3-7-11-16/h3,6-7,10-11,14-15,17-19H,2,4-5,8-9,12-13H2,1H3/t14-,17?,18?/m1/s1. The van der Waals surface area contributed by atoms with Crippen LogP contribution in [0.2, 0.25) is 0 Å². The molecule has 0 saturated heterocycles. The molecule has 1 atom stereocenters. The summed E-state index contributed by atoms with van der Waals surface area (Å²) in [6.07, 6.45) is 9.93. The summed E-state index contributed by atoms with van der Waals surface area (Å²) in [6, 6.07) is 12.5. The predicted octanol–water partition coefficient (Wildman–Crippen LogP) is 4.49. The zero-order valence-electron chi connectivity index (χ0n) is 12.1. The van der Waals surface area contributed by atoms with Gasteiger partial charge in [0, 0.05) is 12.1 Å². The molecule has 0 radical (unpaired) electrons. The minimum atomic E-state index is 0.724. The van der Waals surface area contributed by atoms with Crippen molar-refractivity contribution in [3.8, 4) is 0 Å². The van der Waals surface area contributed by atoms with Crippen molar-refractivity contribution < 1.29 is 0 Å². The van der Waals surface area contributed by atoms with E-state index in [2.05, 4.69) is 42.6 Å². The number of hydrogen-bond acceptors (Lipinski definition) is 1. The first-order chi connectivity index (χ1) is 9.33. The molecule has 2 aliphatic carbocycles. The largest absolute Gasteiger partial charge is 0.311 e. The summed E-state index contributed by atoms with van der Waals surface area (Å²) in [5.74, 6) is 1.74. The van der Waals surface area contributed by atoms with E-state index >= 15 is 0 Å². The van der Waals surface area contributed by atoms with E-state index in [9.17, 15) is 0 Å². The van der Waals surface area contributed by atoms with Crippen LogP contribution in [-0.4, -0.2) is 12.1 Å². The summed E-state index contributed by atoms with van der Waals surface area (Å²) in [5, 5.41) is 3.89. The normalized spacial score (nSPS) is 29.7. The van der Waals surface area contributed by atoms with E-state index in [1.165, 1.54) is 50.5 Å². The highest BCUT2D eigenvalue weighted by atomic mass is 15.0. The fourth-order valence-electron chi connectivity index (χ4n) is 3.89. The zero-order chi connectivity index (χ0) is 13.1. The van der Waals surface area contributed by atoms with Gasteiger partial charge in [0.15, 0.2) is 0 Å². The second-order valence-electron chi connectivity index (χ2n) is 6.63. The smallest absolute Gasteiger partial charge is 0.00813 e. The molecule has 1 aromatic rings. The molecule has 0 heterocycles. The van der Waals surface area contributed by atoms with Gasteiger partial charge in [0.2, 0.25) is 0 Å². The molecular weight excluding hydrogens is 230 g/mol. The average Bonchev–Trinajstić information content (AvgIpc) is 2.44. The van der Waals surface area contributed by atoms with Crippen LogP contribution in [0.3, 0.4) is 0 Å². The van der Waals surface area contributed by atoms with Crippen LogP contribution >= 0.6 is 0 Å². The molecule has 0 bridgehead atoms. The summed E-state index contributed by atoms with van der Waals surface area (Å²) >= 11 is 0. The van der Waals surface area contributed by atoms with Gasteiger partial charge in [0.1, 0.15) is 0 Å². The first-order valence-corrected chi connectivity index (χ1v) is 8.14. The predicted molar refractivity (Wildman–Crippen MR) is 81.4 cm³/mol. The van der Waals surface area contributed by atoms with Gasteiger partial charge in [-0.3, -0.25) is 0 Å². The molecular formula is C18H27N. The molecule has 2 saturated carbocycles. The molecule has 104 valence electrons. The second-order valence-corrected chi connectivity index (χ2v) is 6.63. The van der Waals surface area contributed by atoms with Gasteiger partial charge in [-0.2, -0.15) is 0 Å². The van der Waals surface area contributed by atoms with Crippen molar-refractivity contribution >= 4 is 0 Å². The summed E-state index contributed by atoms with van der Waals surface area (Å²) in [4.78, 5) is 0. The third-order valence-corrected chi connectivity index (χ3v) is 5.26. The maximum Gasteiger partial charge on any atom is 0.00813 e. The van der Waals surface area contributed by atoms with Crippen molar-refractivity contribution in [2.24, 2.45) is 5.92 Å². The van der Waals surface area contributed by atoms with Crippen molar-refractivity contribution in [3.63, 3.8) is 0 Å². The van der Waals surface area contributed by atoms with E-state index in [1.54, 1.807) is 0 Å². The first kappa shape index (κ1) is 13.2. The number of benzene rings is 1. The Balaban J connectivity index is 1.43. The summed E-state index contributed by atoms with van der Waals surface area (Å²) < 4.78 is 0. The molecule has 1 nitrogen and oxygen atoms in total. The molecule has 0 unspecified atom stereocenters. The third kappa shape index (κ3) is 3.20. The lowest BCUT2D eigenvalue weighted by atomic mass is 9.75. The van der Waals surface area contributed by atoms with E-state index in [0.29, 0.717) is 0 Å². The molecule has 2 fully saturated rings. The van der Waals surface area contributed by atoms with Gasteiger partial charge in [-0.15, -0.1) is 0 Å². The lowest BCUT2D eigenvalue weighted by Gasteiger charge is -2.40. The molecule has 1 N–H and O–H groups in total. The van der Waals surface area contributed by atoms with Crippen LogP contribution in [0.4, 0.5) is 0 Å². The summed E-state index contributed by atoms with van der Waals surface area (Å²) in [6.45, 7) is 2.41. The van der Waals surface area contributed by atoms with Crippen LogP contribution in [0.25, 0.3) is 0 Å². The Morgan fingerprint density at radius 1 is 1.00 bits per heavy atom. The molecule has 0 aromatic heterocycles. The fourth-order valence-corrected chi connectivity index (χ4v) is 3.89. The van der Waals surface area contributed by atoms with Crippen molar-refractivity contribution in [1.29, 1.82) is 0 Å². The van der Waals surface area contributed by atoms with E-state index in [-0.39, 0.29) is 0 Å². The summed E-state index contributed by atoms with van der Waals surface area (Å²) in [7, 11) is 0. The maximum atomic E-state index is 3.89. The minimum Gasteiger partial charge on any atom is -0.311 e. The molecule has 0 amide bonds. The van der Waals surface area contributed by atoms with Crippen LogP contribution in [0.15, 0.2) is 30.3 Å². The Labute approximate surface area is 117 Å². The Hall–Kier alpha value is -0.820. The highest BCUT2D eigenvalue weighted by Crippen LogP contribution is 2.37. The minimum absolute atomic E-state index is 0.724. The topological polar surface area (TPSA) is 12.0 Å². The Morgan fingerprint density at radius 2 is 1.68 bits per heavy atom. The number of hydrogen-bond donors (Lipinski definition) is 1. The number of nitrogens with one attached hydrogen (secondary N) is 1. The van der Waals surface area contributed by atoms with Crippen LogP contribution in [-0.2, 0) is 0 Å². The fraction of sp³-hybridized carbons (Fsp3) is 0.667. The molecule has 2 aliphatic rings. The van der Waals surface area contributed by atoms with Crippen molar-refractivity contribution in [2.75, 3.05) is 0 Å². The third-order valence-electron chi connectivity index (χ3n) is 5.26. The lowest BCUT2D eigenvalue weighted by Crippen LogP contribution is -2.47. The van der Waals surface area contributed by atoms with Crippen molar-refractivity contribution in [3.05, 3.63) is 35.9 Å². The lowest BCUT2D eigenvalue weighted by molar-refractivity contribution is 0.211. The SMILES string of the molecule is C[C@@H](NC1CC(c2ccccc2)C1)C1CCCCC1.